The molecule has 9 nitrogen and oxygen atoms in total. The van der Waals surface area contributed by atoms with Crippen LogP contribution in [0.4, 0.5) is 4.79 Å². The van der Waals surface area contributed by atoms with Crippen molar-refractivity contribution < 1.29 is 23.6 Å². The average Bonchev–Trinajstić information content (AvgIpc) is 3.01. The first kappa shape index (κ1) is 29.7. The van der Waals surface area contributed by atoms with Gasteiger partial charge in [0, 0.05) is 36.7 Å². The molecule has 2 aliphatic rings. The van der Waals surface area contributed by atoms with Crippen molar-refractivity contribution in [3.8, 4) is 0 Å². The number of carbonyl (C=O) groups excluding carboxylic acids is 2. The van der Waals surface area contributed by atoms with Crippen molar-refractivity contribution in [1.29, 1.82) is 0 Å². The summed E-state index contributed by atoms with van der Waals surface area (Å²) in [5.74, 6) is 1.03. The third-order valence-electron chi connectivity index (χ3n) is 7.06. The topological polar surface area (TPSA) is 103 Å². The lowest BCUT2D eigenvalue weighted by molar-refractivity contribution is -0.136. The summed E-state index contributed by atoms with van der Waals surface area (Å²) in [6.45, 7) is 18.7. The molecule has 0 spiro atoms. The molecule has 2 saturated heterocycles. The summed E-state index contributed by atoms with van der Waals surface area (Å²) in [5, 5.41) is 3.47. The molecule has 0 saturated carbocycles. The predicted molar refractivity (Wildman–Crippen MR) is 146 cm³/mol. The Kier molecular flexibility index (Phi) is 9.23. The van der Waals surface area contributed by atoms with Gasteiger partial charge < -0.3 is 24.3 Å². The van der Waals surface area contributed by atoms with Crippen LogP contribution in [-0.2, 0) is 18.8 Å². The van der Waals surface area contributed by atoms with Crippen molar-refractivity contribution >= 4 is 36.3 Å². The van der Waals surface area contributed by atoms with E-state index >= 15 is 0 Å². The number of carbonyl (C=O) groups is 2. The highest BCUT2D eigenvalue weighted by Gasteiger charge is 2.52. The molecule has 2 fully saturated rings. The Labute approximate surface area is 226 Å². The standard InChI is InChI=1S/C26H43BN4O5S/c1-17(2)20(30-23(33)34-24(3,4)5)21(32)31-12-10-11-18(15-31)16-37-22-28-13-19(14-29-22)27-35-25(6,7)26(8,9)36-27/h13-14,17-18,20H,10-12,15-16H2,1-9H3,(H,30,33)/t18-,20-/m0/s1. The summed E-state index contributed by atoms with van der Waals surface area (Å²) in [5.41, 5.74) is -0.638. The second kappa shape index (κ2) is 11.5. The maximum atomic E-state index is 13.3. The highest BCUT2D eigenvalue weighted by Crippen LogP contribution is 2.36. The Morgan fingerprint density at radius 1 is 1.19 bits per heavy atom. The molecule has 2 aliphatic heterocycles. The zero-order chi connectivity index (χ0) is 27.6. The summed E-state index contributed by atoms with van der Waals surface area (Å²) in [4.78, 5) is 36.5. The van der Waals surface area contributed by atoms with E-state index in [4.69, 9.17) is 14.0 Å². The van der Waals surface area contributed by atoms with Gasteiger partial charge in [-0.15, -0.1) is 0 Å². The van der Waals surface area contributed by atoms with Gasteiger partial charge in [-0.1, -0.05) is 25.6 Å². The Morgan fingerprint density at radius 2 is 1.78 bits per heavy atom. The third-order valence-corrected chi connectivity index (χ3v) is 8.16. The van der Waals surface area contributed by atoms with E-state index in [1.165, 1.54) is 0 Å². The number of hydrogen-bond acceptors (Lipinski definition) is 8. The summed E-state index contributed by atoms with van der Waals surface area (Å²) >= 11 is 1.59. The molecule has 37 heavy (non-hydrogen) atoms. The van der Waals surface area contributed by atoms with Crippen molar-refractivity contribution in [1.82, 2.24) is 20.2 Å². The van der Waals surface area contributed by atoms with Gasteiger partial charge in [-0.3, -0.25) is 4.79 Å². The van der Waals surface area contributed by atoms with Crippen LogP contribution in [-0.4, -0.2) is 75.7 Å². The van der Waals surface area contributed by atoms with Gasteiger partial charge in [0.1, 0.15) is 11.6 Å². The number of piperidine rings is 1. The fourth-order valence-corrected chi connectivity index (χ4v) is 5.15. The number of amides is 2. The number of ether oxygens (including phenoxy) is 1. The van der Waals surface area contributed by atoms with Crippen molar-refractivity contribution in [2.45, 2.75) is 103 Å². The van der Waals surface area contributed by atoms with Crippen molar-refractivity contribution in [3.63, 3.8) is 0 Å². The molecule has 206 valence electrons. The van der Waals surface area contributed by atoms with E-state index in [0.717, 1.165) is 24.1 Å². The zero-order valence-corrected chi connectivity index (χ0v) is 24.6. The number of likely N-dealkylation sites (tertiary alicyclic amines) is 1. The second-order valence-corrected chi connectivity index (χ2v) is 13.3. The number of rotatable bonds is 7. The third kappa shape index (κ3) is 7.83. The van der Waals surface area contributed by atoms with Crippen LogP contribution >= 0.6 is 11.8 Å². The number of hydrogen-bond donors (Lipinski definition) is 1. The highest BCUT2D eigenvalue weighted by atomic mass is 32.2. The van der Waals surface area contributed by atoms with Crippen LogP contribution in [0.2, 0.25) is 0 Å². The minimum absolute atomic E-state index is 0.0503. The van der Waals surface area contributed by atoms with Crippen molar-refractivity contribution in [2.24, 2.45) is 11.8 Å². The van der Waals surface area contributed by atoms with Gasteiger partial charge in [0.2, 0.25) is 5.91 Å². The second-order valence-electron chi connectivity index (χ2n) is 12.4. The lowest BCUT2D eigenvalue weighted by Crippen LogP contribution is -2.54. The summed E-state index contributed by atoms with van der Waals surface area (Å²) in [6, 6.07) is -0.618. The van der Waals surface area contributed by atoms with Gasteiger partial charge in [0.25, 0.3) is 0 Å². The maximum Gasteiger partial charge on any atom is 0.498 e. The van der Waals surface area contributed by atoms with Gasteiger partial charge >= 0.3 is 13.2 Å². The van der Waals surface area contributed by atoms with Crippen LogP contribution in [0.25, 0.3) is 0 Å². The molecule has 11 heteroatoms. The number of aromatic nitrogens is 2. The number of nitrogens with one attached hydrogen (secondary N) is 1. The van der Waals surface area contributed by atoms with E-state index in [1.54, 1.807) is 44.9 Å². The van der Waals surface area contributed by atoms with Gasteiger partial charge in [0.05, 0.1) is 11.2 Å². The van der Waals surface area contributed by atoms with E-state index in [9.17, 15) is 9.59 Å². The van der Waals surface area contributed by atoms with Crippen LogP contribution < -0.4 is 10.8 Å². The SMILES string of the molecule is CC(C)[C@H](NC(=O)OC(C)(C)C)C(=O)N1CCC[C@H](CSc2ncc(B3OC(C)(C)C(C)(C)O3)cn2)C1. The van der Waals surface area contributed by atoms with E-state index < -0.39 is 36.1 Å². The van der Waals surface area contributed by atoms with E-state index in [0.29, 0.717) is 24.2 Å². The molecule has 1 aromatic heterocycles. The summed E-state index contributed by atoms with van der Waals surface area (Å²) in [7, 11) is -0.481. The zero-order valence-electron chi connectivity index (χ0n) is 23.8. The molecule has 0 bridgehead atoms. The molecule has 3 heterocycles. The first-order valence-electron chi connectivity index (χ1n) is 13.2. The van der Waals surface area contributed by atoms with Crippen LogP contribution in [0.1, 0.15) is 75.2 Å². The van der Waals surface area contributed by atoms with Gasteiger partial charge in [-0.2, -0.15) is 0 Å². The molecule has 3 rings (SSSR count). The molecular weight excluding hydrogens is 491 g/mol. The number of thioether (sulfide) groups is 1. The van der Waals surface area contributed by atoms with Crippen LogP contribution in [0.3, 0.4) is 0 Å². The van der Waals surface area contributed by atoms with Gasteiger partial charge in [-0.25, -0.2) is 14.8 Å². The molecule has 2 amide bonds. The van der Waals surface area contributed by atoms with Crippen molar-refractivity contribution in [2.75, 3.05) is 18.8 Å². The van der Waals surface area contributed by atoms with Gasteiger partial charge in [0.15, 0.2) is 5.16 Å². The summed E-state index contributed by atoms with van der Waals surface area (Å²) < 4.78 is 17.5. The largest absolute Gasteiger partial charge is 0.498 e. The fraction of sp³-hybridized carbons (Fsp3) is 0.769. The molecule has 1 N–H and O–H groups in total. The van der Waals surface area contributed by atoms with E-state index in [-0.39, 0.29) is 11.8 Å². The first-order chi connectivity index (χ1) is 17.1. The minimum Gasteiger partial charge on any atom is -0.444 e. The molecule has 0 unspecified atom stereocenters. The molecule has 1 aromatic rings. The Morgan fingerprint density at radius 3 is 2.32 bits per heavy atom. The van der Waals surface area contributed by atoms with Crippen LogP contribution in [0, 0.1) is 11.8 Å². The van der Waals surface area contributed by atoms with E-state index in [1.807, 2.05) is 46.4 Å². The Bertz CT molecular complexity index is 935. The predicted octanol–water partition coefficient (Wildman–Crippen LogP) is 3.66. The average molecular weight is 535 g/mol. The Balaban J connectivity index is 1.53. The molecule has 0 aliphatic carbocycles. The van der Waals surface area contributed by atoms with Crippen LogP contribution in [0.5, 0.6) is 0 Å². The Hall–Kier alpha value is -1.85. The van der Waals surface area contributed by atoms with E-state index in [2.05, 4.69) is 15.3 Å². The first-order valence-corrected chi connectivity index (χ1v) is 14.2. The molecule has 2 atom stereocenters. The van der Waals surface area contributed by atoms with Crippen molar-refractivity contribution in [3.05, 3.63) is 12.4 Å². The van der Waals surface area contributed by atoms with Crippen LogP contribution in [0.15, 0.2) is 17.6 Å². The highest BCUT2D eigenvalue weighted by molar-refractivity contribution is 7.99. The molecule has 0 radical (unpaired) electrons. The van der Waals surface area contributed by atoms with Gasteiger partial charge in [-0.05, 0) is 73.1 Å². The maximum absolute atomic E-state index is 13.3. The smallest absolute Gasteiger partial charge is 0.444 e. The molecule has 0 aromatic carbocycles. The monoisotopic (exact) mass is 534 g/mol. The molecular formula is C26H43BN4O5S. The number of nitrogens with zero attached hydrogens (tertiary/aromatic N) is 3. The summed E-state index contributed by atoms with van der Waals surface area (Å²) in [6.07, 6.45) is 4.93. The minimum atomic E-state index is -0.618. The lowest BCUT2D eigenvalue weighted by Gasteiger charge is -2.36. The lowest BCUT2D eigenvalue weighted by atomic mass is 9.81. The quantitative estimate of drug-likeness (QED) is 0.321. The normalized spacial score (nSPS) is 22.2. The number of alkyl carbamates (subject to hydrolysis) is 1. The fourth-order valence-electron chi connectivity index (χ4n) is 4.24.